The smallest absolute Gasteiger partial charge is 0.167 e. The van der Waals surface area contributed by atoms with Gasteiger partial charge in [0, 0.05) is 50.9 Å². The Balaban J connectivity index is 1.16. The van der Waals surface area contributed by atoms with Crippen LogP contribution in [0.25, 0.3) is 88.3 Å². The minimum atomic E-state index is 0.470. The van der Waals surface area contributed by atoms with Crippen LogP contribution in [0.3, 0.4) is 0 Å². The summed E-state index contributed by atoms with van der Waals surface area (Å²) < 4.78 is 6.91. The highest BCUT2D eigenvalue weighted by atomic mass is 16.3. The van der Waals surface area contributed by atoms with Gasteiger partial charge in [-0.3, -0.25) is 0 Å². The maximum Gasteiger partial charge on any atom is 0.167 e. The van der Waals surface area contributed by atoms with Crippen LogP contribution in [0.5, 0.6) is 0 Å². The Morgan fingerprint density at radius 3 is 1.94 bits per heavy atom. The number of fused-ring (bicyclic) bond motifs is 9. The van der Waals surface area contributed by atoms with Gasteiger partial charge in [-0.2, -0.15) is 5.26 Å². The van der Waals surface area contributed by atoms with Crippen molar-refractivity contribution in [3.8, 4) is 50.6 Å². The second kappa shape index (κ2) is 11.4. The van der Waals surface area contributed by atoms with Crippen molar-refractivity contribution in [1.82, 2.24) is 9.47 Å². The molecule has 1 aliphatic heterocycles. The van der Waals surface area contributed by atoms with E-state index in [1.54, 1.807) is 0 Å². The fourth-order valence-corrected chi connectivity index (χ4v) is 8.88. The van der Waals surface area contributed by atoms with Gasteiger partial charge in [0.15, 0.2) is 17.1 Å². The van der Waals surface area contributed by atoms with Crippen molar-refractivity contribution in [2.75, 3.05) is 7.05 Å². The molecule has 0 saturated carbocycles. The lowest BCUT2D eigenvalue weighted by molar-refractivity contribution is 0.647. The summed E-state index contributed by atoms with van der Waals surface area (Å²) in [6, 6.07) is 62.7. The molecule has 1 N–H and O–H groups in total. The predicted octanol–water partition coefficient (Wildman–Crippen LogP) is 13.7. The average molecular weight is 691 g/mol. The Morgan fingerprint density at radius 2 is 1.15 bits per heavy atom. The lowest BCUT2D eigenvalue weighted by Gasteiger charge is -2.31. The Kier molecular flexibility index (Phi) is 6.43. The van der Waals surface area contributed by atoms with Gasteiger partial charge >= 0.3 is 0 Å². The molecule has 3 heterocycles. The molecular weight excluding hydrogens is 659 g/mol. The number of aromatic nitrogens is 1. The van der Waals surface area contributed by atoms with Gasteiger partial charge in [-0.1, -0.05) is 115 Å². The van der Waals surface area contributed by atoms with Crippen LogP contribution in [0.15, 0.2) is 174 Å². The molecule has 252 valence electrons. The van der Waals surface area contributed by atoms with Gasteiger partial charge in [-0.05, 0) is 64.2 Å². The lowest BCUT2D eigenvalue weighted by atomic mass is 9.97. The summed E-state index contributed by atoms with van der Waals surface area (Å²) in [6.45, 7) is 0. The van der Waals surface area contributed by atoms with Crippen LogP contribution in [0.4, 0.5) is 17.1 Å². The molecule has 0 fully saturated rings. The van der Waals surface area contributed by atoms with Gasteiger partial charge in [0.25, 0.3) is 0 Å². The molecule has 11 rings (SSSR count). The Hall–Kier alpha value is -7.19. The molecule has 10 aromatic rings. The first-order chi connectivity index (χ1) is 26.6. The van der Waals surface area contributed by atoms with E-state index in [0.29, 0.717) is 10.0 Å². The number of nitriles is 1. The first-order valence-corrected chi connectivity index (χ1v) is 18.3. The van der Waals surface area contributed by atoms with E-state index in [1.165, 1.54) is 44.8 Å². The molecule has 0 saturated heterocycles. The van der Waals surface area contributed by atoms with E-state index >= 15 is 0 Å². The Morgan fingerprint density at radius 1 is 0.463 bits per heavy atom. The number of benzene rings is 8. The molecule has 0 spiro atoms. The number of nitrogens with one attached hydrogen (secondary N) is 1. The first kappa shape index (κ1) is 30.4. The number of rotatable bonds is 4. The molecule has 4 heteroatoms. The van der Waals surface area contributed by atoms with Gasteiger partial charge in [0.1, 0.15) is 22.8 Å². The fraction of sp³-hybridized carbons (Fsp3) is 0.0200. The SMILES string of the molecule is C[N+]1(c2cccc3c2[nH]c2c(C#N)cc(-c4cccc5c4oc4ccccc45)cc23)c2ccc(-c3ccccc3)cc2-c2ccc(-c3ccccc3)cc21. The normalized spacial score (nSPS) is 14.8. The zero-order valence-electron chi connectivity index (χ0n) is 29.5. The summed E-state index contributed by atoms with van der Waals surface area (Å²) >= 11 is 0. The molecule has 0 radical (unpaired) electrons. The summed E-state index contributed by atoms with van der Waals surface area (Å²) in [7, 11) is 2.31. The van der Waals surface area contributed by atoms with Crippen molar-refractivity contribution in [3.63, 3.8) is 0 Å². The van der Waals surface area contributed by atoms with Crippen molar-refractivity contribution < 1.29 is 4.42 Å². The van der Waals surface area contributed by atoms with E-state index in [0.717, 1.165) is 60.6 Å². The number of hydrogen-bond donors (Lipinski definition) is 1. The molecule has 1 atom stereocenters. The summed E-state index contributed by atoms with van der Waals surface area (Å²) in [5, 5.41) is 14.9. The standard InChI is InChI=1S/C50H32N3O/c1-53(44-25-23-33(31-12-4-2-5-13-31)27-42(44)38-24-22-34(29-46(38)53)32-14-6-3-7-15-32)45-20-11-18-40-43-28-35(26-36(30-51)48(43)52-49(40)45)37-17-10-19-41-39-16-8-9-21-47(39)54-50(37)41/h2-29,52H,1H3/q+1. The van der Waals surface area contributed by atoms with Crippen LogP contribution in [0.2, 0.25) is 0 Å². The second-order valence-corrected chi connectivity index (χ2v) is 14.4. The van der Waals surface area contributed by atoms with Crippen molar-refractivity contribution >= 4 is 60.8 Å². The third-order valence-corrected chi connectivity index (χ3v) is 11.5. The molecule has 54 heavy (non-hydrogen) atoms. The van der Waals surface area contributed by atoms with Crippen molar-refractivity contribution in [2.24, 2.45) is 0 Å². The number of hydrogen-bond acceptors (Lipinski definition) is 2. The van der Waals surface area contributed by atoms with Gasteiger partial charge in [-0.25, -0.2) is 4.48 Å². The van der Waals surface area contributed by atoms with Crippen molar-refractivity contribution in [2.45, 2.75) is 0 Å². The van der Waals surface area contributed by atoms with Crippen LogP contribution in [0.1, 0.15) is 5.56 Å². The van der Waals surface area contributed by atoms with Gasteiger partial charge < -0.3 is 9.40 Å². The first-order valence-electron chi connectivity index (χ1n) is 18.3. The minimum absolute atomic E-state index is 0.470. The quantitative estimate of drug-likeness (QED) is 0.187. The topological polar surface area (TPSA) is 52.7 Å². The van der Waals surface area contributed by atoms with Crippen LogP contribution < -0.4 is 4.48 Å². The largest absolute Gasteiger partial charge is 0.455 e. The van der Waals surface area contributed by atoms with Gasteiger partial charge in [-0.15, -0.1) is 0 Å². The molecule has 4 nitrogen and oxygen atoms in total. The summed E-state index contributed by atoms with van der Waals surface area (Å²) in [4.78, 5) is 3.79. The minimum Gasteiger partial charge on any atom is -0.455 e. The third-order valence-electron chi connectivity index (χ3n) is 11.5. The van der Waals surface area contributed by atoms with E-state index < -0.39 is 0 Å². The lowest BCUT2D eigenvalue weighted by Crippen LogP contribution is -2.31. The van der Waals surface area contributed by atoms with Crippen LogP contribution in [-0.4, -0.2) is 12.0 Å². The van der Waals surface area contributed by atoms with Crippen molar-refractivity contribution in [1.29, 1.82) is 5.26 Å². The Bertz CT molecular complexity index is 3180. The number of nitrogens with zero attached hydrogens (tertiary/aromatic N) is 2. The molecule has 1 aliphatic rings. The average Bonchev–Trinajstić information content (AvgIpc) is 3.89. The number of quaternary nitrogens is 1. The van der Waals surface area contributed by atoms with Crippen LogP contribution in [0, 0.1) is 11.3 Å². The fourth-order valence-electron chi connectivity index (χ4n) is 8.88. The molecular formula is C50H32N3O+. The van der Waals surface area contributed by atoms with Crippen LogP contribution in [-0.2, 0) is 0 Å². The van der Waals surface area contributed by atoms with E-state index in [-0.39, 0.29) is 0 Å². The monoisotopic (exact) mass is 690 g/mol. The number of para-hydroxylation sites is 3. The van der Waals surface area contributed by atoms with Gasteiger partial charge in [0.2, 0.25) is 0 Å². The Labute approximate surface area is 312 Å². The summed E-state index contributed by atoms with van der Waals surface area (Å²) in [5.74, 6) is 0. The summed E-state index contributed by atoms with van der Waals surface area (Å²) in [6.07, 6.45) is 0. The zero-order valence-corrected chi connectivity index (χ0v) is 29.5. The van der Waals surface area contributed by atoms with E-state index in [2.05, 4.69) is 164 Å². The predicted molar refractivity (Wildman–Crippen MR) is 223 cm³/mol. The van der Waals surface area contributed by atoms with Gasteiger partial charge in [0.05, 0.1) is 23.7 Å². The molecule has 0 aliphatic carbocycles. The highest BCUT2D eigenvalue weighted by molar-refractivity contribution is 6.17. The van der Waals surface area contributed by atoms with E-state index in [1.807, 2.05) is 24.3 Å². The molecule has 0 amide bonds. The van der Waals surface area contributed by atoms with Crippen molar-refractivity contribution in [3.05, 3.63) is 175 Å². The third kappa shape index (κ3) is 4.28. The molecule has 1 unspecified atom stereocenters. The highest BCUT2D eigenvalue weighted by Gasteiger charge is 2.44. The van der Waals surface area contributed by atoms with E-state index in [4.69, 9.17) is 4.42 Å². The number of aromatic amines is 1. The zero-order chi connectivity index (χ0) is 36.0. The summed E-state index contributed by atoms with van der Waals surface area (Å²) in [5.41, 5.74) is 16.8. The molecule has 0 bridgehead atoms. The maximum absolute atomic E-state index is 10.6. The maximum atomic E-state index is 10.6. The van der Waals surface area contributed by atoms with Crippen LogP contribution >= 0.6 is 0 Å². The number of H-pyrrole nitrogens is 1. The molecule has 2 aromatic heterocycles. The van der Waals surface area contributed by atoms with E-state index in [9.17, 15) is 5.26 Å². The second-order valence-electron chi connectivity index (χ2n) is 14.4. The number of furan rings is 1. The highest BCUT2D eigenvalue weighted by Crippen LogP contribution is 2.59. The molecule has 8 aromatic carbocycles.